The molecule has 0 bridgehead atoms. The van der Waals surface area contributed by atoms with Gasteiger partial charge in [0.05, 0.1) is 13.2 Å². The first kappa shape index (κ1) is 15.3. The fourth-order valence-corrected chi connectivity index (χ4v) is 2.67. The van der Waals surface area contributed by atoms with Gasteiger partial charge >= 0.3 is 0 Å². The monoisotopic (exact) mass is 269 g/mol. The molecule has 2 unspecified atom stereocenters. The van der Waals surface area contributed by atoms with E-state index >= 15 is 0 Å². The number of nitrogens with one attached hydrogen (secondary N) is 1. The summed E-state index contributed by atoms with van der Waals surface area (Å²) in [4.78, 5) is 0. The lowest BCUT2D eigenvalue weighted by atomic mass is 10.1. The molecule has 0 saturated carbocycles. The number of hydrogen-bond acceptors (Lipinski definition) is 4. The van der Waals surface area contributed by atoms with Crippen LogP contribution in [0.2, 0.25) is 0 Å². The molecule has 1 rings (SSSR count). The lowest BCUT2D eigenvalue weighted by molar-refractivity contribution is 0.300. The molecular weight excluding hydrogens is 246 g/mol. The Bertz CT molecular complexity index is 346. The number of rotatable bonds is 8. The molecule has 0 aliphatic rings. The van der Waals surface area contributed by atoms with E-state index in [1.165, 1.54) is 5.56 Å². The van der Waals surface area contributed by atoms with E-state index in [-0.39, 0.29) is 17.9 Å². The second kappa shape index (κ2) is 8.40. The zero-order chi connectivity index (χ0) is 13.4. The van der Waals surface area contributed by atoms with Crippen molar-refractivity contribution in [3.63, 3.8) is 0 Å². The topological polar surface area (TPSA) is 41.5 Å². The van der Waals surface area contributed by atoms with E-state index in [4.69, 9.17) is 9.84 Å². The Morgan fingerprint density at radius 3 is 2.72 bits per heavy atom. The van der Waals surface area contributed by atoms with Crippen molar-refractivity contribution in [2.24, 2.45) is 0 Å². The summed E-state index contributed by atoms with van der Waals surface area (Å²) in [6.45, 7) is 4.92. The van der Waals surface area contributed by atoms with Gasteiger partial charge in [-0.1, -0.05) is 25.1 Å². The Balaban J connectivity index is 2.74. The number of aliphatic hydroxyl groups is 1. The summed E-state index contributed by atoms with van der Waals surface area (Å²) >= 11 is 1.76. The summed E-state index contributed by atoms with van der Waals surface area (Å²) in [7, 11) is 1.96. The van der Waals surface area contributed by atoms with Gasteiger partial charge in [-0.15, -0.1) is 0 Å². The first-order valence-electron chi connectivity index (χ1n) is 6.34. The third kappa shape index (κ3) is 4.52. The van der Waals surface area contributed by atoms with E-state index in [2.05, 4.69) is 11.4 Å². The Kier molecular flexibility index (Phi) is 7.16. The zero-order valence-electron chi connectivity index (χ0n) is 11.3. The van der Waals surface area contributed by atoms with Gasteiger partial charge in [-0.2, -0.15) is 11.8 Å². The molecule has 2 atom stereocenters. The molecule has 0 spiro atoms. The fourth-order valence-electron chi connectivity index (χ4n) is 1.70. The fraction of sp³-hybridized carbons (Fsp3) is 0.571. The summed E-state index contributed by atoms with van der Waals surface area (Å²) in [5.74, 6) is 1.86. The van der Waals surface area contributed by atoms with E-state index in [0.717, 1.165) is 11.5 Å². The minimum Gasteiger partial charge on any atom is -0.494 e. The first-order valence-corrected chi connectivity index (χ1v) is 7.39. The normalized spacial score (nSPS) is 14.2. The number of ether oxygens (including phenoxy) is 1. The summed E-state index contributed by atoms with van der Waals surface area (Å²) in [6, 6.07) is 8.36. The van der Waals surface area contributed by atoms with Gasteiger partial charge in [0.1, 0.15) is 5.75 Å². The molecule has 0 aliphatic carbocycles. The average molecular weight is 269 g/mol. The lowest BCUT2D eigenvalue weighted by Crippen LogP contribution is -2.21. The highest BCUT2D eigenvalue weighted by Gasteiger charge is 2.15. The predicted octanol–water partition coefficient (Wildman–Crippen LogP) is 2.46. The van der Waals surface area contributed by atoms with Crippen molar-refractivity contribution in [1.29, 1.82) is 0 Å². The van der Waals surface area contributed by atoms with Crippen LogP contribution in [0.1, 0.15) is 25.5 Å². The van der Waals surface area contributed by atoms with E-state index in [0.29, 0.717) is 6.61 Å². The van der Waals surface area contributed by atoms with Crippen molar-refractivity contribution in [2.45, 2.75) is 25.1 Å². The number of hydrogen-bond donors (Lipinski definition) is 2. The van der Waals surface area contributed by atoms with E-state index < -0.39 is 0 Å². The molecule has 0 saturated heterocycles. The maximum absolute atomic E-state index is 9.06. The van der Waals surface area contributed by atoms with Gasteiger partial charge in [-0.25, -0.2) is 0 Å². The Morgan fingerprint density at radius 1 is 1.39 bits per heavy atom. The summed E-state index contributed by atoms with van der Waals surface area (Å²) in [6.07, 6.45) is 0. The second-order valence-electron chi connectivity index (χ2n) is 4.14. The van der Waals surface area contributed by atoms with Crippen LogP contribution in [-0.4, -0.2) is 36.4 Å². The van der Waals surface area contributed by atoms with Crippen molar-refractivity contribution >= 4 is 11.8 Å². The molecular formula is C14H23NO2S. The molecule has 3 nitrogen and oxygen atoms in total. The highest BCUT2D eigenvalue weighted by atomic mass is 32.2. The lowest BCUT2D eigenvalue weighted by Gasteiger charge is -2.20. The molecule has 1 aromatic carbocycles. The molecule has 0 aliphatic heterocycles. The summed E-state index contributed by atoms with van der Waals surface area (Å²) in [5, 5.41) is 12.6. The summed E-state index contributed by atoms with van der Waals surface area (Å²) < 4.78 is 5.65. The van der Waals surface area contributed by atoms with Crippen LogP contribution in [0.15, 0.2) is 24.3 Å². The van der Waals surface area contributed by atoms with E-state index in [9.17, 15) is 0 Å². The van der Waals surface area contributed by atoms with Gasteiger partial charge in [-0.05, 0) is 20.0 Å². The van der Waals surface area contributed by atoms with Crippen LogP contribution in [0.4, 0.5) is 0 Å². The third-order valence-corrected chi connectivity index (χ3v) is 3.99. The first-order chi connectivity index (χ1) is 8.72. The van der Waals surface area contributed by atoms with Gasteiger partial charge in [0, 0.05) is 22.6 Å². The van der Waals surface area contributed by atoms with Crippen LogP contribution < -0.4 is 10.1 Å². The molecule has 102 valence electrons. The number of benzene rings is 1. The number of thioether (sulfide) groups is 1. The SMILES string of the molecule is CCOc1ccccc1C(CSC(C)CO)NC. The molecule has 4 heteroatoms. The molecule has 0 fully saturated rings. The second-order valence-corrected chi connectivity index (χ2v) is 5.61. The smallest absolute Gasteiger partial charge is 0.124 e. The van der Waals surface area contributed by atoms with Crippen molar-refractivity contribution in [2.75, 3.05) is 26.0 Å². The highest BCUT2D eigenvalue weighted by molar-refractivity contribution is 7.99. The Morgan fingerprint density at radius 2 is 2.11 bits per heavy atom. The van der Waals surface area contributed by atoms with Crippen LogP contribution >= 0.6 is 11.8 Å². The maximum Gasteiger partial charge on any atom is 0.124 e. The molecule has 0 amide bonds. The molecule has 2 N–H and O–H groups in total. The van der Waals surface area contributed by atoms with Gasteiger partial charge in [0.2, 0.25) is 0 Å². The van der Waals surface area contributed by atoms with Crippen molar-refractivity contribution in [1.82, 2.24) is 5.32 Å². The quantitative estimate of drug-likeness (QED) is 0.761. The predicted molar refractivity (Wildman–Crippen MR) is 78.4 cm³/mol. The largest absolute Gasteiger partial charge is 0.494 e. The molecule has 1 aromatic rings. The molecule has 0 heterocycles. The standard InChI is InChI=1S/C14H23NO2S/c1-4-17-14-8-6-5-7-12(14)13(15-3)10-18-11(2)9-16/h5-8,11,13,15-16H,4,9-10H2,1-3H3. The van der Waals surface area contributed by atoms with Crippen LogP contribution in [0.3, 0.4) is 0 Å². The summed E-state index contributed by atoms with van der Waals surface area (Å²) in [5.41, 5.74) is 1.18. The van der Waals surface area contributed by atoms with Crippen molar-refractivity contribution < 1.29 is 9.84 Å². The van der Waals surface area contributed by atoms with E-state index in [1.807, 2.05) is 39.1 Å². The maximum atomic E-state index is 9.06. The number of para-hydroxylation sites is 1. The van der Waals surface area contributed by atoms with Crippen LogP contribution in [0.25, 0.3) is 0 Å². The minimum absolute atomic E-state index is 0.216. The highest BCUT2D eigenvalue weighted by Crippen LogP contribution is 2.28. The van der Waals surface area contributed by atoms with Crippen LogP contribution in [0.5, 0.6) is 5.75 Å². The molecule has 0 aromatic heterocycles. The van der Waals surface area contributed by atoms with Gasteiger partial charge in [0.15, 0.2) is 0 Å². The molecule has 18 heavy (non-hydrogen) atoms. The molecule has 0 radical (unpaired) electrons. The van der Waals surface area contributed by atoms with Crippen LogP contribution in [-0.2, 0) is 0 Å². The Labute approximate surface area is 114 Å². The van der Waals surface area contributed by atoms with Gasteiger partial charge in [0.25, 0.3) is 0 Å². The Hall–Kier alpha value is -0.710. The van der Waals surface area contributed by atoms with Gasteiger partial charge < -0.3 is 15.2 Å². The van der Waals surface area contributed by atoms with Gasteiger partial charge in [-0.3, -0.25) is 0 Å². The average Bonchev–Trinajstić information content (AvgIpc) is 2.41. The zero-order valence-corrected chi connectivity index (χ0v) is 12.2. The van der Waals surface area contributed by atoms with Crippen molar-refractivity contribution in [3.05, 3.63) is 29.8 Å². The van der Waals surface area contributed by atoms with E-state index in [1.54, 1.807) is 11.8 Å². The third-order valence-electron chi connectivity index (χ3n) is 2.75. The minimum atomic E-state index is 0.216. The van der Waals surface area contributed by atoms with Crippen LogP contribution in [0, 0.1) is 0 Å². The number of aliphatic hydroxyl groups excluding tert-OH is 1. The van der Waals surface area contributed by atoms with Crippen molar-refractivity contribution in [3.8, 4) is 5.75 Å².